The number of ether oxygens (including phenoxy) is 2. The maximum atomic E-state index is 11.8. The van der Waals surface area contributed by atoms with Crippen LogP contribution in [0.4, 0.5) is 0 Å². The van der Waals surface area contributed by atoms with Crippen LogP contribution >= 0.6 is 23.4 Å². The van der Waals surface area contributed by atoms with Crippen LogP contribution in [0.2, 0.25) is 5.02 Å². The molecule has 4 rings (SSSR count). The maximum absolute atomic E-state index is 11.8. The lowest BCUT2D eigenvalue weighted by molar-refractivity contribution is -0.146. The fourth-order valence-electron chi connectivity index (χ4n) is 4.22. The largest absolute Gasteiger partial charge is 0.469 e. The molecule has 0 unspecified atom stereocenters. The second-order valence-corrected chi connectivity index (χ2v) is 9.66. The predicted molar refractivity (Wildman–Crippen MR) is 119 cm³/mol. The summed E-state index contributed by atoms with van der Waals surface area (Å²) in [4.78, 5) is 17.7. The van der Waals surface area contributed by atoms with Crippen molar-refractivity contribution in [2.75, 3.05) is 20.3 Å². The van der Waals surface area contributed by atoms with E-state index in [9.17, 15) is 4.79 Å². The van der Waals surface area contributed by atoms with Gasteiger partial charge in [-0.25, -0.2) is 4.98 Å². The zero-order valence-corrected chi connectivity index (χ0v) is 19.3. The minimum absolute atomic E-state index is 0.0336. The lowest BCUT2D eigenvalue weighted by Gasteiger charge is -2.27. The number of hydrogen-bond acceptors (Lipinski definition) is 7. The Balaban J connectivity index is 1.42. The van der Waals surface area contributed by atoms with Gasteiger partial charge in [0.1, 0.15) is 5.69 Å². The number of hydrogen-bond donors (Lipinski definition) is 1. The van der Waals surface area contributed by atoms with Gasteiger partial charge < -0.3 is 19.2 Å². The number of esters is 1. The summed E-state index contributed by atoms with van der Waals surface area (Å²) in [6.07, 6.45) is 5.53. The SMILES string of the molecule is COC(=O)C1CCC(NCc2nc(C3CCOCC3)oc2Sc2ccc(Cl)cc2)CC1. The van der Waals surface area contributed by atoms with Crippen LogP contribution in [0.25, 0.3) is 0 Å². The Bertz CT molecular complexity index is 859. The van der Waals surface area contributed by atoms with Crippen molar-refractivity contribution in [1.29, 1.82) is 0 Å². The summed E-state index contributed by atoms with van der Waals surface area (Å²) < 4.78 is 16.6. The van der Waals surface area contributed by atoms with Gasteiger partial charge in [0, 0.05) is 41.6 Å². The minimum Gasteiger partial charge on any atom is -0.469 e. The van der Waals surface area contributed by atoms with Crippen LogP contribution in [-0.2, 0) is 20.8 Å². The summed E-state index contributed by atoms with van der Waals surface area (Å²) in [6, 6.07) is 8.14. The minimum atomic E-state index is -0.0855. The molecule has 2 aliphatic rings. The molecule has 0 atom stereocenters. The molecule has 0 bridgehead atoms. The van der Waals surface area contributed by atoms with E-state index in [4.69, 9.17) is 30.5 Å². The number of benzene rings is 1. The Morgan fingerprint density at radius 1 is 1.16 bits per heavy atom. The Kier molecular flexibility index (Phi) is 7.93. The molecule has 0 amide bonds. The van der Waals surface area contributed by atoms with Crippen molar-refractivity contribution in [1.82, 2.24) is 10.3 Å². The Hall–Kier alpha value is -1.54. The van der Waals surface area contributed by atoms with Crippen molar-refractivity contribution in [3.63, 3.8) is 0 Å². The van der Waals surface area contributed by atoms with Gasteiger partial charge >= 0.3 is 5.97 Å². The molecule has 1 saturated heterocycles. The quantitative estimate of drug-likeness (QED) is 0.565. The molecule has 2 aromatic rings. The van der Waals surface area contributed by atoms with Crippen LogP contribution in [0.5, 0.6) is 0 Å². The molecule has 0 radical (unpaired) electrons. The first-order valence-electron chi connectivity index (χ1n) is 10.9. The fourth-order valence-corrected chi connectivity index (χ4v) is 5.19. The van der Waals surface area contributed by atoms with E-state index in [0.29, 0.717) is 23.5 Å². The summed E-state index contributed by atoms with van der Waals surface area (Å²) in [6.45, 7) is 2.16. The summed E-state index contributed by atoms with van der Waals surface area (Å²) in [5, 5.41) is 5.18. The third kappa shape index (κ3) is 6.04. The maximum Gasteiger partial charge on any atom is 0.308 e. The zero-order valence-electron chi connectivity index (χ0n) is 17.8. The van der Waals surface area contributed by atoms with Crippen molar-refractivity contribution in [2.45, 2.75) is 67.0 Å². The first-order valence-corrected chi connectivity index (χ1v) is 12.1. The third-order valence-electron chi connectivity index (χ3n) is 6.09. The first-order chi connectivity index (χ1) is 15.1. The summed E-state index contributed by atoms with van der Waals surface area (Å²) in [5.41, 5.74) is 0.941. The van der Waals surface area contributed by atoms with Crippen molar-refractivity contribution in [2.24, 2.45) is 5.92 Å². The Labute approximate surface area is 192 Å². The van der Waals surface area contributed by atoms with E-state index in [1.807, 2.05) is 24.3 Å². The van der Waals surface area contributed by atoms with E-state index in [0.717, 1.165) is 73.3 Å². The average molecular weight is 465 g/mol. The van der Waals surface area contributed by atoms with Gasteiger partial charge in [-0.15, -0.1) is 0 Å². The van der Waals surface area contributed by atoms with Crippen molar-refractivity contribution in [3.05, 3.63) is 40.9 Å². The number of rotatable bonds is 7. The van der Waals surface area contributed by atoms with E-state index < -0.39 is 0 Å². The molecule has 1 N–H and O–H groups in total. The van der Waals surface area contributed by atoms with Gasteiger partial charge in [0.15, 0.2) is 11.0 Å². The number of carbonyl (C=O) groups is 1. The van der Waals surface area contributed by atoms with Crippen molar-refractivity contribution >= 4 is 29.3 Å². The lowest BCUT2D eigenvalue weighted by Crippen LogP contribution is -2.35. The summed E-state index contributed by atoms with van der Waals surface area (Å²) in [7, 11) is 1.47. The average Bonchev–Trinajstić information content (AvgIpc) is 3.22. The van der Waals surface area contributed by atoms with Gasteiger partial charge in [-0.3, -0.25) is 4.79 Å². The number of carbonyl (C=O) groups excluding carboxylic acids is 1. The van der Waals surface area contributed by atoms with Gasteiger partial charge in [0.2, 0.25) is 0 Å². The molecule has 31 heavy (non-hydrogen) atoms. The van der Waals surface area contributed by atoms with Crippen LogP contribution in [-0.4, -0.2) is 37.3 Å². The molecular formula is C23H29ClN2O4S. The van der Waals surface area contributed by atoms with Gasteiger partial charge in [-0.2, -0.15) is 0 Å². The highest BCUT2D eigenvalue weighted by molar-refractivity contribution is 7.99. The molecule has 1 aliphatic heterocycles. The van der Waals surface area contributed by atoms with E-state index in [1.165, 1.54) is 7.11 Å². The molecule has 6 nitrogen and oxygen atoms in total. The van der Waals surface area contributed by atoms with Crippen LogP contribution in [0.15, 0.2) is 38.7 Å². The molecular weight excluding hydrogens is 436 g/mol. The van der Waals surface area contributed by atoms with E-state index in [1.54, 1.807) is 11.8 Å². The van der Waals surface area contributed by atoms with Gasteiger partial charge in [0.05, 0.1) is 13.0 Å². The molecule has 1 saturated carbocycles. The number of methoxy groups -OCH3 is 1. The van der Waals surface area contributed by atoms with Crippen LogP contribution in [0.3, 0.4) is 0 Å². The highest BCUT2D eigenvalue weighted by Crippen LogP contribution is 2.36. The molecule has 168 valence electrons. The molecule has 2 fully saturated rings. The number of oxazole rings is 1. The lowest BCUT2D eigenvalue weighted by atomic mass is 9.86. The molecule has 8 heteroatoms. The number of halogens is 1. The molecule has 2 heterocycles. The second-order valence-electron chi connectivity index (χ2n) is 8.18. The standard InChI is InChI=1S/C23H29ClN2O4S/c1-28-22(27)16-2-6-18(7-3-16)25-14-20-23(31-19-8-4-17(24)5-9-19)30-21(26-20)15-10-12-29-13-11-15/h4-5,8-9,15-16,18,25H,2-3,6-7,10-14H2,1H3. The third-order valence-corrected chi connectivity index (χ3v) is 7.36. The van der Waals surface area contributed by atoms with Gasteiger partial charge in [0.25, 0.3) is 0 Å². The van der Waals surface area contributed by atoms with Crippen molar-refractivity contribution in [3.8, 4) is 0 Å². The molecule has 0 spiro atoms. The Morgan fingerprint density at radius 2 is 1.87 bits per heavy atom. The van der Waals surface area contributed by atoms with Gasteiger partial charge in [-0.05, 0) is 62.8 Å². The van der Waals surface area contributed by atoms with Crippen molar-refractivity contribution < 1.29 is 18.7 Å². The summed E-state index contributed by atoms with van der Waals surface area (Å²) in [5.74, 6) is 1.07. The first kappa shape index (κ1) is 22.6. The zero-order chi connectivity index (χ0) is 21.6. The van der Waals surface area contributed by atoms with E-state index >= 15 is 0 Å². The monoisotopic (exact) mass is 464 g/mol. The molecule has 1 aromatic heterocycles. The van der Waals surface area contributed by atoms with Crippen LogP contribution in [0, 0.1) is 5.92 Å². The smallest absolute Gasteiger partial charge is 0.308 e. The fraction of sp³-hybridized carbons (Fsp3) is 0.565. The number of aromatic nitrogens is 1. The highest BCUT2D eigenvalue weighted by Gasteiger charge is 2.28. The number of nitrogens with one attached hydrogen (secondary N) is 1. The van der Waals surface area contributed by atoms with Gasteiger partial charge in [-0.1, -0.05) is 23.4 Å². The summed E-state index contributed by atoms with van der Waals surface area (Å²) >= 11 is 7.61. The predicted octanol–water partition coefficient (Wildman–Crippen LogP) is 5.19. The molecule has 1 aromatic carbocycles. The van der Waals surface area contributed by atoms with Crippen LogP contribution < -0.4 is 5.32 Å². The normalized spacial score (nSPS) is 22.4. The van der Waals surface area contributed by atoms with E-state index in [-0.39, 0.29) is 11.9 Å². The molecule has 1 aliphatic carbocycles. The number of nitrogens with zero attached hydrogens (tertiary/aromatic N) is 1. The highest BCUT2D eigenvalue weighted by atomic mass is 35.5. The topological polar surface area (TPSA) is 73.6 Å². The van der Waals surface area contributed by atoms with E-state index in [2.05, 4.69) is 5.32 Å². The second kappa shape index (κ2) is 10.9. The van der Waals surface area contributed by atoms with Crippen LogP contribution in [0.1, 0.15) is 56.0 Å². The Morgan fingerprint density at radius 3 is 2.55 bits per heavy atom.